The maximum Gasteiger partial charge on any atom is 0.261 e. The first-order valence-corrected chi connectivity index (χ1v) is 8.91. The van der Waals surface area contributed by atoms with Crippen LogP contribution < -0.4 is 9.62 Å². The fraction of sp³-hybridized carbons (Fsp3) is 0.176. The third-order valence-electron chi connectivity index (χ3n) is 3.76. The minimum atomic E-state index is -3.80. The highest BCUT2D eigenvalue weighted by molar-refractivity contribution is 7.92. The Hall–Kier alpha value is -2.85. The molecule has 0 aromatic heterocycles. The van der Waals surface area contributed by atoms with Crippen LogP contribution in [0.2, 0.25) is 0 Å². The van der Waals surface area contributed by atoms with Gasteiger partial charge in [-0.25, -0.2) is 8.42 Å². The lowest BCUT2D eigenvalue weighted by molar-refractivity contribution is -0.117. The Morgan fingerprint density at radius 1 is 1.12 bits per heavy atom. The van der Waals surface area contributed by atoms with Gasteiger partial charge in [0.1, 0.15) is 0 Å². The summed E-state index contributed by atoms with van der Waals surface area (Å²) in [6.45, 7) is 0.638. The molecule has 122 valence electrons. The molecule has 3 rings (SSSR count). The summed E-state index contributed by atoms with van der Waals surface area (Å²) < 4.78 is 27.4. The average molecular weight is 341 g/mol. The third kappa shape index (κ3) is 3.24. The van der Waals surface area contributed by atoms with Gasteiger partial charge in [-0.15, -0.1) is 0 Å². The molecule has 1 amide bonds. The van der Waals surface area contributed by atoms with Gasteiger partial charge in [0.15, 0.2) is 0 Å². The molecule has 1 heterocycles. The highest BCUT2D eigenvalue weighted by atomic mass is 32.2. The molecule has 1 aliphatic heterocycles. The number of nitrogens with one attached hydrogen (secondary N) is 1. The van der Waals surface area contributed by atoms with E-state index in [1.807, 2.05) is 6.07 Å². The van der Waals surface area contributed by atoms with Crippen LogP contribution in [0, 0.1) is 11.3 Å². The zero-order valence-corrected chi connectivity index (χ0v) is 13.6. The van der Waals surface area contributed by atoms with Gasteiger partial charge in [-0.1, -0.05) is 12.1 Å². The fourth-order valence-electron chi connectivity index (χ4n) is 2.61. The van der Waals surface area contributed by atoms with Gasteiger partial charge in [0.2, 0.25) is 5.91 Å². The molecule has 0 aliphatic carbocycles. The molecule has 2 aromatic carbocycles. The highest BCUT2D eigenvalue weighted by Gasteiger charge is 2.22. The van der Waals surface area contributed by atoms with Gasteiger partial charge in [-0.3, -0.25) is 9.52 Å². The highest BCUT2D eigenvalue weighted by Crippen LogP contribution is 2.25. The molecule has 7 heteroatoms. The Labute approximate surface area is 140 Å². The van der Waals surface area contributed by atoms with E-state index >= 15 is 0 Å². The van der Waals surface area contributed by atoms with E-state index in [0.29, 0.717) is 24.3 Å². The number of anilines is 2. The second-order valence-corrected chi connectivity index (χ2v) is 7.13. The molecular formula is C17H15N3O3S. The summed E-state index contributed by atoms with van der Waals surface area (Å²) in [4.78, 5) is 13.5. The van der Waals surface area contributed by atoms with Crippen molar-refractivity contribution >= 4 is 27.3 Å². The summed E-state index contributed by atoms with van der Waals surface area (Å²) in [5, 5.41) is 8.90. The van der Waals surface area contributed by atoms with Crippen molar-refractivity contribution in [2.45, 2.75) is 17.7 Å². The fourth-order valence-corrected chi connectivity index (χ4v) is 3.70. The van der Waals surface area contributed by atoms with Crippen molar-refractivity contribution in [2.75, 3.05) is 16.2 Å². The molecule has 0 unspecified atom stereocenters. The summed E-state index contributed by atoms with van der Waals surface area (Å²) in [5.41, 5.74) is 1.31. The number of hydrogen-bond donors (Lipinski definition) is 1. The normalized spacial score (nSPS) is 14.5. The molecule has 1 N–H and O–H groups in total. The molecule has 0 radical (unpaired) electrons. The van der Waals surface area contributed by atoms with Crippen molar-refractivity contribution in [2.24, 2.45) is 0 Å². The van der Waals surface area contributed by atoms with E-state index in [2.05, 4.69) is 4.72 Å². The Bertz CT molecular complexity index is 932. The number of nitrogens with zero attached hydrogens (tertiary/aromatic N) is 2. The number of benzene rings is 2. The van der Waals surface area contributed by atoms with E-state index in [1.54, 1.807) is 35.2 Å². The van der Waals surface area contributed by atoms with Gasteiger partial charge >= 0.3 is 0 Å². The van der Waals surface area contributed by atoms with Crippen LogP contribution in [0.5, 0.6) is 0 Å². The summed E-state index contributed by atoms with van der Waals surface area (Å²) in [6.07, 6.45) is 1.31. The molecule has 0 bridgehead atoms. The van der Waals surface area contributed by atoms with Gasteiger partial charge in [0, 0.05) is 18.7 Å². The number of nitriles is 1. The largest absolute Gasteiger partial charge is 0.312 e. The molecule has 1 aliphatic rings. The monoisotopic (exact) mass is 341 g/mol. The lowest BCUT2D eigenvalue weighted by Gasteiger charge is -2.17. The number of carbonyl (C=O) groups excluding carboxylic acids is 1. The van der Waals surface area contributed by atoms with Crippen molar-refractivity contribution in [1.29, 1.82) is 5.26 Å². The number of sulfonamides is 1. The van der Waals surface area contributed by atoms with Crippen LogP contribution in [0.3, 0.4) is 0 Å². The third-order valence-corrected chi connectivity index (χ3v) is 5.14. The van der Waals surface area contributed by atoms with E-state index in [-0.39, 0.29) is 16.4 Å². The van der Waals surface area contributed by atoms with Gasteiger partial charge < -0.3 is 4.90 Å². The molecular weight excluding hydrogens is 326 g/mol. The molecule has 0 atom stereocenters. The lowest BCUT2D eigenvalue weighted by Crippen LogP contribution is -2.23. The minimum Gasteiger partial charge on any atom is -0.312 e. The SMILES string of the molecule is N#Cc1cccc(S(=O)(=O)Nc2cccc(N3CCCC3=O)c2)c1. The maximum atomic E-state index is 12.5. The quantitative estimate of drug-likeness (QED) is 0.925. The molecule has 6 nitrogen and oxygen atoms in total. The van der Waals surface area contributed by atoms with Crippen LogP contribution in [-0.4, -0.2) is 20.9 Å². The minimum absolute atomic E-state index is 0.0178. The molecule has 0 saturated carbocycles. The van der Waals surface area contributed by atoms with Crippen LogP contribution in [0.25, 0.3) is 0 Å². The van der Waals surface area contributed by atoms with Crippen molar-refractivity contribution in [3.05, 3.63) is 54.1 Å². The molecule has 1 fully saturated rings. The van der Waals surface area contributed by atoms with E-state index < -0.39 is 10.0 Å². The summed E-state index contributed by atoms with van der Waals surface area (Å²) in [7, 11) is -3.80. The second-order valence-electron chi connectivity index (χ2n) is 5.44. The number of hydrogen-bond acceptors (Lipinski definition) is 4. The first-order chi connectivity index (χ1) is 11.5. The number of carbonyl (C=O) groups is 1. The van der Waals surface area contributed by atoms with Gasteiger partial charge in [0.25, 0.3) is 10.0 Å². The smallest absolute Gasteiger partial charge is 0.261 e. The lowest BCUT2D eigenvalue weighted by atomic mass is 10.2. The second kappa shape index (κ2) is 6.34. The molecule has 1 saturated heterocycles. The van der Waals surface area contributed by atoms with Crippen LogP contribution in [0.4, 0.5) is 11.4 Å². The summed E-state index contributed by atoms with van der Waals surface area (Å²) >= 11 is 0. The first-order valence-electron chi connectivity index (χ1n) is 7.43. The number of rotatable bonds is 4. The van der Waals surface area contributed by atoms with Crippen LogP contribution in [0.15, 0.2) is 53.4 Å². The Morgan fingerprint density at radius 3 is 2.62 bits per heavy atom. The van der Waals surface area contributed by atoms with Crippen molar-refractivity contribution in [3.8, 4) is 6.07 Å². The number of amides is 1. The van der Waals surface area contributed by atoms with Crippen LogP contribution in [0.1, 0.15) is 18.4 Å². The maximum absolute atomic E-state index is 12.5. The summed E-state index contributed by atoms with van der Waals surface area (Å²) in [6, 6.07) is 14.5. The van der Waals surface area contributed by atoms with Gasteiger partial charge in [-0.2, -0.15) is 5.26 Å². The van der Waals surface area contributed by atoms with E-state index in [4.69, 9.17) is 5.26 Å². The van der Waals surface area contributed by atoms with Gasteiger partial charge in [0.05, 0.1) is 22.2 Å². The molecule has 0 spiro atoms. The summed E-state index contributed by atoms with van der Waals surface area (Å²) in [5.74, 6) is 0.0386. The predicted octanol–water partition coefficient (Wildman–Crippen LogP) is 2.49. The van der Waals surface area contributed by atoms with Crippen molar-refractivity contribution < 1.29 is 13.2 Å². The standard InChI is InChI=1S/C17H15N3O3S/c18-12-13-4-1-7-16(10-13)24(22,23)19-14-5-2-6-15(11-14)20-9-3-8-17(20)21/h1-2,4-7,10-11,19H,3,8-9H2. The molecule has 24 heavy (non-hydrogen) atoms. The van der Waals surface area contributed by atoms with Gasteiger partial charge in [-0.05, 0) is 42.8 Å². The zero-order valence-electron chi connectivity index (χ0n) is 12.8. The first kappa shape index (κ1) is 16.0. The Morgan fingerprint density at radius 2 is 1.92 bits per heavy atom. The topological polar surface area (TPSA) is 90.3 Å². The average Bonchev–Trinajstić information content (AvgIpc) is 3.01. The predicted molar refractivity (Wildman–Crippen MR) is 90.0 cm³/mol. The van der Waals surface area contributed by atoms with E-state index in [1.165, 1.54) is 18.2 Å². The van der Waals surface area contributed by atoms with Crippen LogP contribution >= 0.6 is 0 Å². The van der Waals surface area contributed by atoms with Crippen molar-refractivity contribution in [1.82, 2.24) is 0 Å². The van der Waals surface area contributed by atoms with E-state index in [0.717, 1.165) is 6.42 Å². The van der Waals surface area contributed by atoms with Crippen LogP contribution in [-0.2, 0) is 14.8 Å². The zero-order chi connectivity index (χ0) is 17.2. The Balaban J connectivity index is 1.87. The van der Waals surface area contributed by atoms with E-state index in [9.17, 15) is 13.2 Å². The Kier molecular flexibility index (Phi) is 4.23. The molecule has 2 aromatic rings. The van der Waals surface area contributed by atoms with Crippen molar-refractivity contribution in [3.63, 3.8) is 0 Å².